The van der Waals surface area contributed by atoms with Crippen LogP contribution in [0.5, 0.6) is 5.75 Å². The maximum atomic E-state index is 13.1. The number of hydrogen-bond donors (Lipinski definition) is 4. The second kappa shape index (κ2) is 13.8. The summed E-state index contributed by atoms with van der Waals surface area (Å²) in [6.45, 7) is 2.26. The van der Waals surface area contributed by atoms with Crippen molar-refractivity contribution in [3.63, 3.8) is 0 Å². The molecule has 0 saturated heterocycles. The molecule has 0 spiro atoms. The van der Waals surface area contributed by atoms with Crippen molar-refractivity contribution in [2.75, 3.05) is 23.0 Å². The van der Waals surface area contributed by atoms with Crippen molar-refractivity contribution in [1.82, 2.24) is 0 Å². The van der Waals surface area contributed by atoms with Gasteiger partial charge in [-0.15, -0.1) is 0 Å². The Bertz CT molecular complexity index is 1460. The number of allylic oxidation sites excluding steroid dienone is 1. The van der Waals surface area contributed by atoms with Crippen LogP contribution >= 0.6 is 0 Å². The Labute approximate surface area is 233 Å². The molecule has 0 heterocycles. The lowest BCUT2D eigenvalue weighted by molar-refractivity contribution is -0.111. The number of phenols is 1. The van der Waals surface area contributed by atoms with Crippen LogP contribution in [-0.4, -0.2) is 29.8 Å². The maximum Gasteiger partial charge on any atom is 0.412 e. The number of amides is 2. The molecule has 0 aliphatic rings. The Morgan fingerprint density at radius 3 is 2.38 bits per heavy atom. The van der Waals surface area contributed by atoms with Gasteiger partial charge in [-0.1, -0.05) is 66.7 Å². The van der Waals surface area contributed by atoms with Gasteiger partial charge in [-0.3, -0.25) is 10.1 Å². The average Bonchev–Trinajstić information content (AvgIpc) is 2.95. The van der Waals surface area contributed by atoms with Crippen LogP contribution in [0.4, 0.5) is 21.9 Å². The van der Waals surface area contributed by atoms with Crippen LogP contribution in [-0.2, 0) is 14.3 Å². The van der Waals surface area contributed by atoms with E-state index in [9.17, 15) is 14.7 Å². The lowest BCUT2D eigenvalue weighted by atomic mass is 10.00. The molecule has 0 bridgehead atoms. The summed E-state index contributed by atoms with van der Waals surface area (Å²) >= 11 is 0. The van der Waals surface area contributed by atoms with E-state index in [4.69, 9.17) is 15.2 Å². The standard InChI is InChI=1S/C32H33N3O5/c1-2-39-29(16-7-8-17-30(37)34-28-14-6-5-13-26(28)33)31(23-18-20-24(36)21-19-23)40-32(38)35-27-15-9-11-22-10-3-4-12-25(22)27/h3-6,8-15,17-21,29,31,36H,2,7,16,33H2,1H3,(H,34,37)(H,35,38)/b17-8+/t29-,31-/m0/s1. The third-order valence-electron chi connectivity index (χ3n) is 6.31. The van der Waals surface area contributed by atoms with Gasteiger partial charge in [0.05, 0.1) is 23.2 Å². The molecule has 0 unspecified atom stereocenters. The van der Waals surface area contributed by atoms with Crippen LogP contribution in [0.25, 0.3) is 10.8 Å². The quantitative estimate of drug-likeness (QED) is 0.123. The van der Waals surface area contributed by atoms with Gasteiger partial charge in [-0.25, -0.2) is 4.79 Å². The number of para-hydroxylation sites is 2. The SMILES string of the molecule is CCO[C@@H](CC/C=C/C(=O)Nc1ccccc1N)[C@@H](OC(=O)Nc1cccc2ccccc12)c1ccc(O)cc1. The number of nitrogens with one attached hydrogen (secondary N) is 2. The van der Waals surface area contributed by atoms with Crippen LogP contribution in [0.2, 0.25) is 0 Å². The molecule has 4 aromatic carbocycles. The molecule has 206 valence electrons. The molecule has 0 aliphatic heterocycles. The first-order chi connectivity index (χ1) is 19.4. The van der Waals surface area contributed by atoms with Gasteiger partial charge in [0.2, 0.25) is 5.91 Å². The summed E-state index contributed by atoms with van der Waals surface area (Å²) < 4.78 is 12.0. The van der Waals surface area contributed by atoms with E-state index in [-0.39, 0.29) is 11.7 Å². The summed E-state index contributed by atoms with van der Waals surface area (Å²) in [7, 11) is 0. The summed E-state index contributed by atoms with van der Waals surface area (Å²) in [5.74, 6) is -0.199. The van der Waals surface area contributed by atoms with Crippen molar-refractivity contribution < 1.29 is 24.2 Å². The van der Waals surface area contributed by atoms with Gasteiger partial charge in [0.1, 0.15) is 5.75 Å². The first-order valence-electron chi connectivity index (χ1n) is 13.1. The van der Waals surface area contributed by atoms with E-state index >= 15 is 0 Å². The molecule has 40 heavy (non-hydrogen) atoms. The lowest BCUT2D eigenvalue weighted by Crippen LogP contribution is -2.29. The Hall–Kier alpha value is -4.82. The molecule has 2 atom stereocenters. The minimum absolute atomic E-state index is 0.101. The minimum atomic E-state index is -0.762. The molecule has 0 fully saturated rings. The lowest BCUT2D eigenvalue weighted by Gasteiger charge is -2.27. The van der Waals surface area contributed by atoms with Gasteiger partial charge >= 0.3 is 6.09 Å². The Kier molecular flexibility index (Phi) is 9.74. The highest BCUT2D eigenvalue weighted by atomic mass is 16.6. The predicted molar refractivity (Wildman–Crippen MR) is 158 cm³/mol. The van der Waals surface area contributed by atoms with Gasteiger partial charge in [0.25, 0.3) is 0 Å². The van der Waals surface area contributed by atoms with Crippen molar-refractivity contribution in [2.45, 2.75) is 32.0 Å². The largest absolute Gasteiger partial charge is 0.508 e. The number of hydrogen-bond acceptors (Lipinski definition) is 6. The molecule has 0 aliphatic carbocycles. The fourth-order valence-electron chi connectivity index (χ4n) is 4.38. The van der Waals surface area contributed by atoms with Gasteiger partial charge < -0.3 is 25.6 Å². The molecule has 0 radical (unpaired) electrons. The van der Waals surface area contributed by atoms with Crippen LogP contribution in [0.15, 0.2) is 103 Å². The maximum absolute atomic E-state index is 13.1. The third kappa shape index (κ3) is 7.61. The minimum Gasteiger partial charge on any atom is -0.508 e. The van der Waals surface area contributed by atoms with Crippen molar-refractivity contribution >= 4 is 39.8 Å². The molecule has 8 heteroatoms. The average molecular weight is 540 g/mol. The van der Waals surface area contributed by atoms with E-state index in [1.807, 2.05) is 49.4 Å². The van der Waals surface area contributed by atoms with E-state index in [2.05, 4.69) is 10.6 Å². The molecule has 2 amide bonds. The highest BCUT2D eigenvalue weighted by molar-refractivity contribution is 6.01. The first kappa shape index (κ1) is 28.2. The van der Waals surface area contributed by atoms with Crippen molar-refractivity contribution in [3.05, 3.63) is 109 Å². The summed E-state index contributed by atoms with van der Waals surface area (Å²) in [5, 5.41) is 17.3. The molecule has 8 nitrogen and oxygen atoms in total. The summed E-state index contributed by atoms with van der Waals surface area (Å²) in [5.41, 5.74) is 8.22. The Morgan fingerprint density at radius 2 is 1.60 bits per heavy atom. The normalized spacial score (nSPS) is 12.6. The smallest absolute Gasteiger partial charge is 0.412 e. The monoisotopic (exact) mass is 539 g/mol. The van der Waals surface area contributed by atoms with Crippen LogP contribution in [0.3, 0.4) is 0 Å². The number of benzene rings is 4. The zero-order valence-electron chi connectivity index (χ0n) is 22.2. The van der Waals surface area contributed by atoms with Crippen LogP contribution < -0.4 is 16.4 Å². The predicted octanol–water partition coefficient (Wildman–Crippen LogP) is 6.80. The number of carbonyl (C=O) groups excluding carboxylic acids is 2. The number of fused-ring (bicyclic) bond motifs is 1. The highest BCUT2D eigenvalue weighted by Gasteiger charge is 2.28. The van der Waals surface area contributed by atoms with Crippen LogP contribution in [0, 0.1) is 0 Å². The number of rotatable bonds is 11. The van der Waals surface area contributed by atoms with Gasteiger partial charge in [-0.2, -0.15) is 0 Å². The number of ether oxygens (including phenoxy) is 2. The molecule has 4 aromatic rings. The fraction of sp³-hybridized carbons (Fsp3) is 0.188. The summed E-state index contributed by atoms with van der Waals surface area (Å²) in [6.07, 6.45) is 2.24. The van der Waals surface area contributed by atoms with Crippen molar-refractivity contribution in [1.29, 1.82) is 0 Å². The zero-order chi connectivity index (χ0) is 28.3. The Balaban J connectivity index is 1.46. The van der Waals surface area contributed by atoms with E-state index < -0.39 is 18.3 Å². The summed E-state index contributed by atoms with van der Waals surface area (Å²) in [6, 6.07) is 26.9. The fourth-order valence-corrected chi connectivity index (χ4v) is 4.38. The van der Waals surface area contributed by atoms with Gasteiger partial charge in [0, 0.05) is 12.0 Å². The molecular formula is C32H33N3O5. The van der Waals surface area contributed by atoms with Crippen LogP contribution in [0.1, 0.15) is 31.4 Å². The van der Waals surface area contributed by atoms with E-state index in [1.54, 1.807) is 42.5 Å². The number of nitrogen functional groups attached to an aromatic ring is 1. The van der Waals surface area contributed by atoms with E-state index in [1.165, 1.54) is 18.2 Å². The van der Waals surface area contributed by atoms with Crippen molar-refractivity contribution in [3.8, 4) is 5.75 Å². The molecule has 5 N–H and O–H groups in total. The number of anilines is 3. The van der Waals surface area contributed by atoms with Crippen molar-refractivity contribution in [2.24, 2.45) is 0 Å². The number of nitrogens with two attached hydrogens (primary N) is 1. The van der Waals surface area contributed by atoms with E-state index in [0.717, 1.165) is 10.8 Å². The molecule has 0 saturated carbocycles. The topological polar surface area (TPSA) is 123 Å². The molecule has 0 aromatic heterocycles. The third-order valence-corrected chi connectivity index (χ3v) is 6.31. The van der Waals surface area contributed by atoms with Gasteiger partial charge in [-0.05, 0) is 67.1 Å². The number of phenolic OH excluding ortho intramolecular Hbond substituents is 1. The molecular weight excluding hydrogens is 506 g/mol. The van der Waals surface area contributed by atoms with Gasteiger partial charge in [0.15, 0.2) is 6.10 Å². The Morgan fingerprint density at radius 1 is 0.900 bits per heavy atom. The number of carbonyl (C=O) groups is 2. The second-order valence-corrected chi connectivity index (χ2v) is 9.12. The number of aromatic hydroxyl groups is 1. The molecule has 4 rings (SSSR count). The second-order valence-electron chi connectivity index (χ2n) is 9.12. The first-order valence-corrected chi connectivity index (χ1v) is 13.1. The zero-order valence-corrected chi connectivity index (χ0v) is 22.2. The highest BCUT2D eigenvalue weighted by Crippen LogP contribution is 2.30. The van der Waals surface area contributed by atoms with E-state index in [0.29, 0.717) is 42.1 Å². The summed E-state index contributed by atoms with van der Waals surface area (Å²) in [4.78, 5) is 25.5.